The second-order valence-corrected chi connectivity index (χ2v) is 9.93. The van der Waals surface area contributed by atoms with Gasteiger partial charge in [0.05, 0.1) is 30.3 Å². The van der Waals surface area contributed by atoms with E-state index in [1.165, 1.54) is 16.4 Å². The summed E-state index contributed by atoms with van der Waals surface area (Å²) < 4.78 is 39.7. The molecule has 0 bridgehead atoms. The van der Waals surface area contributed by atoms with E-state index in [1.54, 1.807) is 43.5 Å². The van der Waals surface area contributed by atoms with Crippen molar-refractivity contribution in [2.24, 2.45) is 0 Å². The van der Waals surface area contributed by atoms with Gasteiger partial charge in [-0.05, 0) is 60.9 Å². The minimum absolute atomic E-state index is 0.00676. The lowest BCUT2D eigenvalue weighted by Gasteiger charge is -2.25. The number of amides is 1. The van der Waals surface area contributed by atoms with E-state index in [4.69, 9.17) is 9.47 Å². The molecule has 3 aromatic carbocycles. The zero-order chi connectivity index (χ0) is 24.0. The lowest BCUT2D eigenvalue weighted by atomic mass is 10.2. The summed E-state index contributed by atoms with van der Waals surface area (Å²) in [5, 5.41) is 2.85. The van der Waals surface area contributed by atoms with E-state index in [1.807, 2.05) is 30.3 Å². The van der Waals surface area contributed by atoms with Crippen LogP contribution in [0.3, 0.4) is 0 Å². The molecule has 1 aliphatic rings. The van der Waals surface area contributed by atoms with Crippen LogP contribution in [0.2, 0.25) is 0 Å². The number of hydrogen-bond donors (Lipinski definition) is 1. The second-order valence-electron chi connectivity index (χ2n) is 8.07. The quantitative estimate of drug-likeness (QED) is 0.500. The van der Waals surface area contributed by atoms with Gasteiger partial charge >= 0.3 is 0 Å². The summed E-state index contributed by atoms with van der Waals surface area (Å²) in [4.78, 5) is 12.7. The van der Waals surface area contributed by atoms with Gasteiger partial charge in [-0.1, -0.05) is 36.4 Å². The molecule has 1 heterocycles. The molecule has 1 unspecified atom stereocenters. The third-order valence-corrected chi connectivity index (χ3v) is 7.50. The molecule has 1 saturated heterocycles. The monoisotopic (exact) mass is 480 g/mol. The number of methoxy groups -OCH3 is 1. The largest absolute Gasteiger partial charge is 0.497 e. The van der Waals surface area contributed by atoms with Crippen molar-refractivity contribution in [1.29, 1.82) is 0 Å². The summed E-state index contributed by atoms with van der Waals surface area (Å²) in [6.45, 7) is 1.25. The van der Waals surface area contributed by atoms with Crippen LogP contribution in [0.15, 0.2) is 83.8 Å². The summed E-state index contributed by atoms with van der Waals surface area (Å²) in [5.41, 5.74) is 1.62. The van der Waals surface area contributed by atoms with Crippen molar-refractivity contribution in [3.8, 4) is 5.75 Å². The highest BCUT2D eigenvalue weighted by Gasteiger charge is 2.26. The number of sulfonamides is 1. The Bertz CT molecular complexity index is 1210. The Hall–Kier alpha value is -3.36. The van der Waals surface area contributed by atoms with Gasteiger partial charge in [0, 0.05) is 18.7 Å². The predicted octanol–water partition coefficient (Wildman–Crippen LogP) is 4.00. The van der Waals surface area contributed by atoms with Crippen LogP contribution < -0.4 is 14.4 Å². The first-order valence-corrected chi connectivity index (χ1v) is 12.6. The van der Waals surface area contributed by atoms with Crippen molar-refractivity contribution in [3.05, 3.63) is 90.0 Å². The smallest absolute Gasteiger partial charge is 0.264 e. The zero-order valence-corrected chi connectivity index (χ0v) is 19.8. The van der Waals surface area contributed by atoms with Gasteiger partial charge in [0.1, 0.15) is 5.75 Å². The number of hydrogen-bond acceptors (Lipinski definition) is 5. The summed E-state index contributed by atoms with van der Waals surface area (Å²) in [6.07, 6.45) is 1.90. The van der Waals surface area contributed by atoms with Gasteiger partial charge in [-0.3, -0.25) is 9.10 Å². The molecule has 7 nitrogen and oxygen atoms in total. The van der Waals surface area contributed by atoms with Gasteiger partial charge in [-0.15, -0.1) is 0 Å². The minimum Gasteiger partial charge on any atom is -0.497 e. The predicted molar refractivity (Wildman–Crippen MR) is 131 cm³/mol. The lowest BCUT2D eigenvalue weighted by Crippen LogP contribution is -2.32. The zero-order valence-electron chi connectivity index (χ0n) is 19.0. The van der Waals surface area contributed by atoms with E-state index in [2.05, 4.69) is 5.32 Å². The number of ether oxygens (including phenoxy) is 2. The second kappa shape index (κ2) is 10.7. The topological polar surface area (TPSA) is 84.9 Å². The molecule has 4 rings (SSSR count). The molecule has 0 spiro atoms. The molecule has 8 heteroatoms. The van der Waals surface area contributed by atoms with Gasteiger partial charge < -0.3 is 14.8 Å². The minimum atomic E-state index is -3.97. The van der Waals surface area contributed by atoms with E-state index in [0.717, 1.165) is 18.4 Å². The number of rotatable bonds is 9. The van der Waals surface area contributed by atoms with E-state index in [-0.39, 0.29) is 29.0 Å². The van der Waals surface area contributed by atoms with Gasteiger partial charge in [0.25, 0.3) is 15.9 Å². The number of carbonyl (C=O) groups is 1. The van der Waals surface area contributed by atoms with Gasteiger partial charge in [-0.25, -0.2) is 8.42 Å². The molecule has 178 valence electrons. The van der Waals surface area contributed by atoms with Crippen LogP contribution in [0.5, 0.6) is 5.75 Å². The van der Waals surface area contributed by atoms with Crippen LogP contribution in [-0.4, -0.2) is 40.7 Å². The van der Waals surface area contributed by atoms with Crippen molar-refractivity contribution in [2.45, 2.75) is 30.4 Å². The lowest BCUT2D eigenvalue weighted by molar-refractivity contribution is 0.0857. The van der Waals surface area contributed by atoms with Gasteiger partial charge in [0.15, 0.2) is 0 Å². The van der Waals surface area contributed by atoms with E-state index < -0.39 is 10.0 Å². The average molecular weight is 481 g/mol. The molecule has 1 atom stereocenters. The Morgan fingerprint density at radius 2 is 1.82 bits per heavy atom. The summed E-state index contributed by atoms with van der Waals surface area (Å²) >= 11 is 0. The van der Waals surface area contributed by atoms with E-state index >= 15 is 0 Å². The molecule has 0 aromatic heterocycles. The molecule has 0 saturated carbocycles. The maximum Gasteiger partial charge on any atom is 0.264 e. The van der Waals surface area contributed by atoms with Gasteiger partial charge in [0.2, 0.25) is 0 Å². The SMILES string of the molecule is COc1ccc(N(Cc2ccccc2)S(=O)(=O)c2cccc(C(=O)NCC3CCCO3)c2)cc1. The van der Waals surface area contributed by atoms with Crippen LogP contribution in [0, 0.1) is 0 Å². The molecule has 1 amide bonds. The number of nitrogens with one attached hydrogen (secondary N) is 1. The molecular formula is C26H28N2O5S. The fourth-order valence-corrected chi connectivity index (χ4v) is 5.35. The molecule has 34 heavy (non-hydrogen) atoms. The van der Waals surface area contributed by atoms with Crippen molar-refractivity contribution in [1.82, 2.24) is 5.32 Å². The van der Waals surface area contributed by atoms with Crippen molar-refractivity contribution < 1.29 is 22.7 Å². The number of benzene rings is 3. The van der Waals surface area contributed by atoms with Crippen LogP contribution in [-0.2, 0) is 21.3 Å². The number of carbonyl (C=O) groups excluding carboxylic acids is 1. The third kappa shape index (κ3) is 5.58. The molecule has 1 fully saturated rings. The van der Waals surface area contributed by atoms with Crippen LogP contribution in [0.1, 0.15) is 28.8 Å². The first-order chi connectivity index (χ1) is 16.5. The fraction of sp³-hybridized carbons (Fsp3) is 0.269. The molecule has 1 aliphatic heterocycles. The maximum atomic E-state index is 13.8. The van der Waals surface area contributed by atoms with Gasteiger partial charge in [-0.2, -0.15) is 0 Å². The van der Waals surface area contributed by atoms with Crippen molar-refractivity contribution in [2.75, 3.05) is 24.6 Å². The summed E-state index contributed by atoms with van der Waals surface area (Å²) in [5.74, 6) is 0.303. The highest BCUT2D eigenvalue weighted by atomic mass is 32.2. The first-order valence-electron chi connectivity index (χ1n) is 11.2. The van der Waals surface area contributed by atoms with E-state index in [9.17, 15) is 13.2 Å². The van der Waals surface area contributed by atoms with E-state index in [0.29, 0.717) is 24.6 Å². The summed E-state index contributed by atoms with van der Waals surface area (Å²) in [7, 11) is -2.41. The molecule has 0 aliphatic carbocycles. The van der Waals surface area contributed by atoms with Crippen molar-refractivity contribution >= 4 is 21.6 Å². The molecular weight excluding hydrogens is 452 g/mol. The average Bonchev–Trinajstić information content (AvgIpc) is 3.40. The van der Waals surface area contributed by atoms with Crippen LogP contribution in [0.4, 0.5) is 5.69 Å². The Kier molecular flexibility index (Phi) is 7.49. The maximum absolute atomic E-state index is 13.8. The Morgan fingerprint density at radius 1 is 1.06 bits per heavy atom. The van der Waals surface area contributed by atoms with Crippen LogP contribution in [0.25, 0.3) is 0 Å². The fourth-order valence-electron chi connectivity index (χ4n) is 3.85. The normalized spacial score (nSPS) is 15.6. The number of anilines is 1. The molecule has 3 aromatic rings. The van der Waals surface area contributed by atoms with Crippen molar-refractivity contribution in [3.63, 3.8) is 0 Å². The number of nitrogens with zero attached hydrogens (tertiary/aromatic N) is 1. The van der Waals surface area contributed by atoms with Crippen LogP contribution >= 0.6 is 0 Å². The Labute approximate surface area is 200 Å². The third-order valence-electron chi connectivity index (χ3n) is 5.73. The standard InChI is InChI=1S/C26H28N2O5S/c1-32-23-14-12-22(13-15-23)28(19-20-7-3-2-4-8-20)34(30,31)25-11-5-9-21(17-25)26(29)27-18-24-10-6-16-33-24/h2-5,7-9,11-15,17,24H,6,10,16,18-19H2,1H3,(H,27,29). The Balaban J connectivity index is 1.62. The Morgan fingerprint density at radius 3 is 2.50 bits per heavy atom. The first kappa shape index (κ1) is 23.8. The summed E-state index contributed by atoms with van der Waals surface area (Å²) in [6, 6.07) is 22.3. The highest BCUT2D eigenvalue weighted by Crippen LogP contribution is 2.28. The molecule has 0 radical (unpaired) electrons. The molecule has 1 N–H and O–H groups in total. The highest BCUT2D eigenvalue weighted by molar-refractivity contribution is 7.92.